The summed E-state index contributed by atoms with van der Waals surface area (Å²) in [6, 6.07) is 59.5. The largest absolute Gasteiger partial charge is 0.495 e. The zero-order chi connectivity index (χ0) is 98.2. The van der Waals surface area contributed by atoms with Crippen molar-refractivity contribution in [1.82, 2.24) is 72.3 Å². The third-order valence-corrected chi connectivity index (χ3v) is 22.2. The quantitative estimate of drug-likeness (QED) is 0.0194. The summed E-state index contributed by atoms with van der Waals surface area (Å²) in [5.41, 5.74) is 13.2. The monoisotopic (exact) mass is 1880 g/mol. The number of aliphatic hydroxyl groups excluding tert-OH is 2. The number of fused-ring (bicyclic) bond motifs is 5. The van der Waals surface area contributed by atoms with Gasteiger partial charge in [-0.05, 0) is 216 Å². The molecule has 1 aliphatic carbocycles. The number of nitrogens with one attached hydrogen (secondary N) is 9. The van der Waals surface area contributed by atoms with E-state index in [1.54, 1.807) is 165 Å². The molecule has 0 saturated heterocycles. The number of carbonyl (C=O) groups excluding carboxylic acids is 4. The van der Waals surface area contributed by atoms with Crippen molar-refractivity contribution in [3.05, 3.63) is 355 Å². The lowest BCUT2D eigenvalue weighted by atomic mass is 10.0. The summed E-state index contributed by atoms with van der Waals surface area (Å²) in [4.78, 5) is 62.4. The number of benzene rings is 11. The molecule has 2 atom stereocenters. The van der Waals surface area contributed by atoms with Crippen molar-refractivity contribution >= 4 is 145 Å². The number of halogens is 5. The molecule has 33 heteroatoms. The van der Waals surface area contributed by atoms with E-state index < -0.39 is 12.0 Å². The highest BCUT2D eigenvalue weighted by Crippen LogP contribution is 2.39. The second kappa shape index (κ2) is 46.1. The summed E-state index contributed by atoms with van der Waals surface area (Å²) in [5, 5.41) is 79.3. The van der Waals surface area contributed by atoms with Crippen LogP contribution in [0.5, 0.6) is 28.7 Å². The van der Waals surface area contributed by atoms with Gasteiger partial charge in [0.1, 0.15) is 69.2 Å². The number of aromatic amines is 5. The smallest absolute Gasteiger partial charge is 0.339 e. The summed E-state index contributed by atoms with van der Waals surface area (Å²) in [6.45, 7) is 3.74. The molecule has 1 aliphatic rings. The lowest BCUT2D eigenvalue weighted by Gasteiger charge is -2.20. The van der Waals surface area contributed by atoms with E-state index in [2.05, 4.69) is 72.3 Å². The van der Waals surface area contributed by atoms with Crippen LogP contribution in [0.1, 0.15) is 152 Å². The maximum absolute atomic E-state index is 13.1. The minimum absolute atomic E-state index is 0.0674. The molecule has 6 aromatic heterocycles. The molecule has 0 bridgehead atoms. The summed E-state index contributed by atoms with van der Waals surface area (Å²) >= 11 is 0. The highest BCUT2D eigenvalue weighted by atomic mass is 19.1. The number of furan rings is 1. The molecule has 11 aromatic carbocycles. The van der Waals surface area contributed by atoms with Crippen LogP contribution in [0.3, 0.4) is 0 Å². The number of amides is 4. The minimum atomic E-state index is -1.07. The molecule has 12 N–H and O–H groups in total. The fourth-order valence-electron chi connectivity index (χ4n) is 14.8. The van der Waals surface area contributed by atoms with Gasteiger partial charge in [-0.3, -0.25) is 44.7 Å². The van der Waals surface area contributed by atoms with Crippen molar-refractivity contribution < 1.29 is 89.3 Å². The summed E-state index contributed by atoms with van der Waals surface area (Å²) < 4.78 is 98.0. The zero-order valence-electron chi connectivity index (χ0n) is 76.0. The van der Waals surface area contributed by atoms with Gasteiger partial charge < -0.3 is 64.7 Å². The number of hydrogen-bond donors (Lipinski definition) is 12. The predicted octanol–water partition coefficient (Wildman–Crippen LogP) is 19.7. The van der Waals surface area contributed by atoms with Crippen molar-refractivity contribution in [3.8, 4) is 28.7 Å². The van der Waals surface area contributed by atoms with Gasteiger partial charge in [0.2, 0.25) is 0 Å². The van der Waals surface area contributed by atoms with Crippen LogP contribution in [0.4, 0.5) is 22.0 Å². The van der Waals surface area contributed by atoms with Gasteiger partial charge in [-0.1, -0.05) is 135 Å². The van der Waals surface area contributed by atoms with E-state index in [4.69, 9.17) is 28.1 Å². The maximum atomic E-state index is 13.1. The Morgan fingerprint density at radius 3 is 0.957 bits per heavy atom. The Hall–Kier alpha value is -17.3. The van der Waals surface area contributed by atoms with Crippen molar-refractivity contribution in [2.45, 2.75) is 51.4 Å². The van der Waals surface area contributed by atoms with E-state index in [0.29, 0.717) is 123 Å². The third-order valence-electron chi connectivity index (χ3n) is 22.2. The van der Waals surface area contributed by atoms with Gasteiger partial charge in [0, 0.05) is 6.04 Å². The van der Waals surface area contributed by atoms with Gasteiger partial charge >= 0.3 is 5.97 Å². The third kappa shape index (κ3) is 24.3. The number of aromatic carboxylic acids is 1. The minimum Gasteiger partial charge on any atom is -0.495 e. The zero-order valence-corrected chi connectivity index (χ0v) is 76.0. The molecule has 1 saturated carbocycles. The summed E-state index contributed by atoms with van der Waals surface area (Å²) in [5.74, 6) is -0.983. The molecular formula is C106H95F5N14O14. The highest BCUT2D eigenvalue weighted by Gasteiger charge is 2.29. The Labute approximate surface area is 792 Å². The molecule has 1 fully saturated rings. The Morgan fingerprint density at radius 1 is 0.374 bits per heavy atom. The van der Waals surface area contributed by atoms with Gasteiger partial charge in [0.05, 0.1) is 179 Å². The number of methoxy groups -OCH3 is 5. The number of rotatable bonds is 29. The molecule has 708 valence electrons. The van der Waals surface area contributed by atoms with Crippen LogP contribution in [0.2, 0.25) is 0 Å². The van der Waals surface area contributed by atoms with Crippen LogP contribution in [-0.2, 0) is 6.54 Å². The fraction of sp³-hybridized carbons (Fsp3) is 0.151. The van der Waals surface area contributed by atoms with Gasteiger partial charge in [-0.15, -0.1) is 0 Å². The van der Waals surface area contributed by atoms with E-state index in [1.165, 1.54) is 95.2 Å². The van der Waals surface area contributed by atoms with Crippen molar-refractivity contribution in [2.75, 3.05) is 48.8 Å². The SMILES string of the molecule is COc1c(C(=O)NC2CC2)ccc2n[nH]c(/C=C/c3ccc(F)cc3)c12.COc1c(C(=O)NCc2ccco2)ccc2n[nH]c(/C=C/c3ccc(F)cc3)c12.COc1c(C(=O)N[C@H](CO)C(C)C)ccc2n[nH]c(/C=C/c3ccc(F)cc3)c12.COc1c(C(=O)N[C@H](CO)c2ccccc2)ccc2n[nH]c(/C=C/c3ccc(F)cc3)c12.COc1c(C(=O)O)ccc2n[nH]c(/C=C/c3ccc(F)cc3)c12. The number of aliphatic hydroxyl groups is 2. The highest BCUT2D eigenvalue weighted by molar-refractivity contribution is 6.10. The maximum Gasteiger partial charge on any atom is 0.339 e. The van der Waals surface area contributed by atoms with Crippen LogP contribution < -0.4 is 45.0 Å². The number of nitrogens with zero attached hydrogens (tertiary/aromatic N) is 5. The van der Waals surface area contributed by atoms with E-state index in [1.807, 2.05) is 80.6 Å². The van der Waals surface area contributed by atoms with Gasteiger partial charge in [-0.2, -0.15) is 25.5 Å². The molecule has 6 heterocycles. The van der Waals surface area contributed by atoms with Crippen LogP contribution >= 0.6 is 0 Å². The van der Waals surface area contributed by atoms with Crippen molar-refractivity contribution in [1.29, 1.82) is 0 Å². The molecule has 28 nitrogen and oxygen atoms in total. The lowest BCUT2D eigenvalue weighted by Crippen LogP contribution is -2.41. The number of carboxylic acid groups (broad SMARTS) is 1. The van der Waals surface area contributed by atoms with Gasteiger partial charge in [-0.25, -0.2) is 26.7 Å². The molecule has 0 radical (unpaired) electrons. The first-order valence-electron chi connectivity index (χ1n) is 43.6. The van der Waals surface area contributed by atoms with Crippen LogP contribution in [-0.4, -0.2) is 157 Å². The van der Waals surface area contributed by atoms with Crippen LogP contribution in [0.15, 0.2) is 235 Å². The van der Waals surface area contributed by atoms with Gasteiger partial charge in [0.15, 0.2) is 0 Å². The average Bonchev–Trinajstić information content (AvgIpc) is 1.67. The molecule has 0 spiro atoms. The Bertz CT molecular complexity index is 7340. The Kier molecular flexibility index (Phi) is 32.4. The lowest BCUT2D eigenvalue weighted by molar-refractivity contribution is 0.0692. The summed E-state index contributed by atoms with van der Waals surface area (Å²) in [7, 11) is 7.47. The fourth-order valence-corrected chi connectivity index (χ4v) is 14.8. The Morgan fingerprint density at radius 2 is 0.676 bits per heavy atom. The molecular weight excluding hydrogens is 1790 g/mol. The van der Waals surface area contributed by atoms with E-state index in [9.17, 15) is 61.2 Å². The van der Waals surface area contributed by atoms with E-state index in [-0.39, 0.29) is 102 Å². The molecule has 4 amide bonds. The topological polar surface area (TPSA) is 397 Å². The van der Waals surface area contributed by atoms with E-state index in [0.717, 1.165) is 57.3 Å². The van der Waals surface area contributed by atoms with E-state index >= 15 is 0 Å². The van der Waals surface area contributed by atoms with Crippen molar-refractivity contribution in [2.24, 2.45) is 5.92 Å². The normalized spacial score (nSPS) is 12.3. The first-order chi connectivity index (χ1) is 67.4. The number of carboxylic acids is 1. The number of H-pyrrole nitrogens is 5. The summed E-state index contributed by atoms with van der Waals surface area (Å²) in [6.07, 6.45) is 21.7. The van der Waals surface area contributed by atoms with Crippen LogP contribution in [0, 0.1) is 35.0 Å². The molecule has 0 unspecified atom stereocenters. The molecule has 18 rings (SSSR count). The first-order valence-corrected chi connectivity index (χ1v) is 43.6. The molecule has 139 heavy (non-hydrogen) atoms. The molecule has 0 aliphatic heterocycles. The van der Waals surface area contributed by atoms with Gasteiger partial charge in [0.25, 0.3) is 23.6 Å². The number of ether oxygens (including phenoxy) is 5. The predicted molar refractivity (Wildman–Crippen MR) is 524 cm³/mol. The number of hydrogen-bond acceptors (Lipinski definition) is 18. The molecule has 17 aromatic rings. The number of carbonyl (C=O) groups is 5. The second-order valence-corrected chi connectivity index (χ2v) is 31.8. The van der Waals surface area contributed by atoms with Crippen molar-refractivity contribution in [3.63, 3.8) is 0 Å². The van der Waals surface area contributed by atoms with Crippen LogP contribution in [0.25, 0.3) is 115 Å². The number of aromatic nitrogens is 10. The second-order valence-electron chi connectivity index (χ2n) is 31.8. The Balaban J connectivity index is 0.000000139. The first kappa shape index (κ1) is 97.7. The standard InChI is InChI=1S/C25H22FN3O3.C22H18FN3O3.C22H24FN3O3.C20H18FN3O2.C17H13FN2O3/c1-32-24-19(25(31)27-22(15-30)17-5-3-2-4-6-17)12-14-21-23(24)20(28-29-21)13-9-16-7-10-18(26)11-8-16;1-28-21-17(22(27)24-13-16-3-2-12-29-16)9-11-19-20(21)18(25-26-19)10-6-14-4-7-15(23)8-5-14;1-13(2)19(12-27)24-22(28)16-9-11-18-20(21(16)29-3)17(25-26-18)10-6-14-4-7-15(23)8-5-14;1-26-19-15(20(25)22-14-7-8-14)9-11-17-18(19)16(23-24-17)10-4-12-2-5-13(21)6-3-12;1-23-16-12(17(21)22)7-9-14-15(16)13(19-20-14)8-4-10-2-5-11(18)6-3-10/h2-14,22,30H,15H2,1H3,(H,27,31)(H,28,29);2-12H,13H2,1H3,(H,24,27)(H,25,26);4-11,13,19,27H,12H2,1-3H3,(H,24,28)(H,25,26);2-6,9-11,14H,7-8H2,1H3,(H,22,25)(H,23,24);2-9H,1H3,(H,19,20)(H,21,22)/b13-9+;2*10-6+;10-4+;8-4+/t22-;;19-;;/m1.1../s1. The average molecular weight is 1880 g/mol.